The van der Waals surface area contributed by atoms with E-state index in [-0.39, 0.29) is 11.9 Å². The second kappa shape index (κ2) is 7.91. The molecule has 1 aromatic heterocycles. The van der Waals surface area contributed by atoms with Gasteiger partial charge in [-0.2, -0.15) is 0 Å². The van der Waals surface area contributed by atoms with E-state index in [0.29, 0.717) is 30.9 Å². The van der Waals surface area contributed by atoms with Crippen LogP contribution >= 0.6 is 0 Å². The zero-order valence-electron chi connectivity index (χ0n) is 14.8. The van der Waals surface area contributed by atoms with Gasteiger partial charge in [0.15, 0.2) is 11.5 Å². The number of hydrogen-bond acceptors (Lipinski definition) is 4. The van der Waals surface area contributed by atoms with Crippen molar-refractivity contribution >= 4 is 5.91 Å². The number of ether oxygens (including phenoxy) is 2. The van der Waals surface area contributed by atoms with Crippen LogP contribution in [0.25, 0.3) is 0 Å². The van der Waals surface area contributed by atoms with Crippen molar-refractivity contribution in [1.82, 2.24) is 10.3 Å². The number of fused-ring (bicyclic) bond motifs is 1. The maximum atomic E-state index is 12.7. The van der Waals surface area contributed by atoms with Gasteiger partial charge in [0.25, 0.3) is 5.91 Å². The molecule has 1 aliphatic heterocycles. The maximum absolute atomic E-state index is 12.7. The van der Waals surface area contributed by atoms with E-state index in [0.717, 1.165) is 16.9 Å². The first kappa shape index (κ1) is 17.1. The summed E-state index contributed by atoms with van der Waals surface area (Å²) in [5, 5.41) is 3.13. The van der Waals surface area contributed by atoms with Crippen molar-refractivity contribution in [3.63, 3.8) is 0 Å². The van der Waals surface area contributed by atoms with Gasteiger partial charge in [-0.25, -0.2) is 0 Å². The summed E-state index contributed by atoms with van der Waals surface area (Å²) < 4.78 is 11.3. The third-order valence-electron chi connectivity index (χ3n) is 4.48. The van der Waals surface area contributed by atoms with Crippen LogP contribution in [-0.4, -0.2) is 24.1 Å². The van der Waals surface area contributed by atoms with E-state index in [4.69, 9.17) is 9.47 Å². The number of aromatic nitrogens is 1. The smallest absolute Gasteiger partial charge is 0.253 e. The minimum absolute atomic E-state index is 0.154. The first-order valence-corrected chi connectivity index (χ1v) is 8.94. The molecule has 0 saturated heterocycles. The Balaban J connectivity index is 1.62. The Morgan fingerprint density at radius 1 is 1.00 bits per heavy atom. The Labute approximate surface area is 158 Å². The lowest BCUT2D eigenvalue weighted by atomic mass is 9.98. The third kappa shape index (κ3) is 4.08. The van der Waals surface area contributed by atoms with Crippen LogP contribution in [0.2, 0.25) is 0 Å². The number of hydrogen-bond donors (Lipinski definition) is 1. The Hall–Kier alpha value is -3.34. The maximum Gasteiger partial charge on any atom is 0.253 e. The van der Waals surface area contributed by atoms with Crippen LogP contribution < -0.4 is 14.8 Å². The fraction of sp³-hybridized carbons (Fsp3) is 0.182. The van der Waals surface area contributed by atoms with E-state index in [9.17, 15) is 4.79 Å². The topological polar surface area (TPSA) is 60.5 Å². The molecule has 3 aromatic rings. The predicted octanol–water partition coefficient (Wildman–Crippen LogP) is 3.57. The summed E-state index contributed by atoms with van der Waals surface area (Å²) in [6.07, 6.45) is 3.89. The van der Waals surface area contributed by atoms with E-state index in [1.807, 2.05) is 36.4 Å². The van der Waals surface area contributed by atoms with Gasteiger partial charge in [-0.1, -0.05) is 36.4 Å². The summed E-state index contributed by atoms with van der Waals surface area (Å²) in [4.78, 5) is 16.7. The van der Waals surface area contributed by atoms with E-state index in [1.165, 1.54) is 0 Å². The lowest BCUT2D eigenvalue weighted by molar-refractivity contribution is 0.0936. The molecule has 1 amide bonds. The van der Waals surface area contributed by atoms with Crippen molar-refractivity contribution in [2.75, 3.05) is 13.2 Å². The second-order valence-electron chi connectivity index (χ2n) is 6.36. The van der Waals surface area contributed by atoms with E-state index in [1.54, 1.807) is 24.5 Å². The molecule has 0 fully saturated rings. The molecule has 0 radical (unpaired) electrons. The highest BCUT2D eigenvalue weighted by molar-refractivity contribution is 5.94. The summed E-state index contributed by atoms with van der Waals surface area (Å²) in [6, 6.07) is 19.2. The third-order valence-corrected chi connectivity index (χ3v) is 4.48. The van der Waals surface area contributed by atoms with E-state index >= 15 is 0 Å². The number of rotatable bonds is 5. The SMILES string of the molecule is O=C(N[C@@H](Cc1ccccc1)c1ccc2c(c1)OCCO2)c1cccnc1. The van der Waals surface area contributed by atoms with Gasteiger partial charge < -0.3 is 14.8 Å². The van der Waals surface area contributed by atoms with Crippen molar-refractivity contribution in [3.8, 4) is 11.5 Å². The number of nitrogens with zero attached hydrogens (tertiary/aromatic N) is 1. The van der Waals surface area contributed by atoms with Gasteiger partial charge in [0.05, 0.1) is 11.6 Å². The van der Waals surface area contributed by atoms with Gasteiger partial charge in [0.2, 0.25) is 0 Å². The minimum Gasteiger partial charge on any atom is -0.486 e. The highest BCUT2D eigenvalue weighted by Gasteiger charge is 2.20. The predicted molar refractivity (Wildman–Crippen MR) is 102 cm³/mol. The Morgan fingerprint density at radius 3 is 2.59 bits per heavy atom. The van der Waals surface area contributed by atoms with Crippen LogP contribution in [0.1, 0.15) is 27.5 Å². The van der Waals surface area contributed by atoms with Gasteiger partial charge in [-0.15, -0.1) is 0 Å². The van der Waals surface area contributed by atoms with Crippen molar-refractivity contribution in [2.45, 2.75) is 12.5 Å². The fourth-order valence-electron chi connectivity index (χ4n) is 3.12. The van der Waals surface area contributed by atoms with Crippen molar-refractivity contribution < 1.29 is 14.3 Å². The van der Waals surface area contributed by atoms with Crippen LogP contribution in [0.3, 0.4) is 0 Å². The van der Waals surface area contributed by atoms with Gasteiger partial charge in [0.1, 0.15) is 13.2 Å². The average Bonchev–Trinajstić information content (AvgIpc) is 2.74. The molecule has 0 saturated carbocycles. The first-order chi connectivity index (χ1) is 13.3. The monoisotopic (exact) mass is 360 g/mol. The Bertz CT molecular complexity index is 913. The molecule has 136 valence electrons. The summed E-state index contributed by atoms with van der Waals surface area (Å²) in [6.45, 7) is 1.08. The van der Waals surface area contributed by atoms with Crippen LogP contribution in [0.5, 0.6) is 11.5 Å². The van der Waals surface area contributed by atoms with Crippen molar-refractivity contribution in [1.29, 1.82) is 0 Å². The molecule has 4 rings (SSSR count). The number of benzene rings is 2. The summed E-state index contributed by atoms with van der Waals surface area (Å²) >= 11 is 0. The highest BCUT2D eigenvalue weighted by Crippen LogP contribution is 2.33. The largest absolute Gasteiger partial charge is 0.486 e. The molecular weight excluding hydrogens is 340 g/mol. The standard InChI is InChI=1S/C22H20N2O3/c25-22(18-7-4-10-23-15-18)24-19(13-16-5-2-1-3-6-16)17-8-9-20-21(14-17)27-12-11-26-20/h1-10,14-15,19H,11-13H2,(H,24,25)/t19-/m0/s1. The molecular formula is C22H20N2O3. The molecule has 2 aromatic carbocycles. The minimum atomic E-state index is -0.198. The highest BCUT2D eigenvalue weighted by atomic mass is 16.6. The molecule has 0 spiro atoms. The van der Waals surface area contributed by atoms with Crippen LogP contribution in [0, 0.1) is 0 Å². The summed E-state index contributed by atoms with van der Waals surface area (Å²) in [5.74, 6) is 1.30. The zero-order valence-corrected chi connectivity index (χ0v) is 14.8. The molecule has 1 atom stereocenters. The van der Waals surface area contributed by atoms with E-state index in [2.05, 4.69) is 22.4 Å². The van der Waals surface area contributed by atoms with Crippen LogP contribution in [0.15, 0.2) is 73.1 Å². The number of nitrogens with one attached hydrogen (secondary N) is 1. The van der Waals surface area contributed by atoms with Gasteiger partial charge in [0, 0.05) is 12.4 Å². The molecule has 5 nitrogen and oxygen atoms in total. The molecule has 0 aliphatic carbocycles. The van der Waals surface area contributed by atoms with Crippen LogP contribution in [-0.2, 0) is 6.42 Å². The molecule has 2 heterocycles. The fourth-order valence-corrected chi connectivity index (χ4v) is 3.12. The molecule has 1 aliphatic rings. The lowest BCUT2D eigenvalue weighted by Gasteiger charge is -2.23. The summed E-state index contributed by atoms with van der Waals surface area (Å²) in [7, 11) is 0. The number of pyridine rings is 1. The summed E-state index contributed by atoms with van der Waals surface area (Å²) in [5.41, 5.74) is 2.65. The van der Waals surface area contributed by atoms with Crippen molar-refractivity contribution in [3.05, 3.63) is 89.7 Å². The van der Waals surface area contributed by atoms with Crippen LogP contribution in [0.4, 0.5) is 0 Å². The lowest BCUT2D eigenvalue weighted by Crippen LogP contribution is -2.30. The van der Waals surface area contributed by atoms with Crippen molar-refractivity contribution in [2.24, 2.45) is 0 Å². The average molecular weight is 360 g/mol. The molecule has 27 heavy (non-hydrogen) atoms. The number of amides is 1. The number of carbonyl (C=O) groups is 1. The molecule has 0 unspecified atom stereocenters. The quantitative estimate of drug-likeness (QED) is 0.756. The molecule has 5 heteroatoms. The molecule has 1 N–H and O–H groups in total. The second-order valence-corrected chi connectivity index (χ2v) is 6.36. The first-order valence-electron chi connectivity index (χ1n) is 8.94. The number of carbonyl (C=O) groups excluding carboxylic acids is 1. The van der Waals surface area contributed by atoms with Gasteiger partial charge in [-0.3, -0.25) is 9.78 Å². The Morgan fingerprint density at radius 2 is 1.81 bits per heavy atom. The van der Waals surface area contributed by atoms with Gasteiger partial charge in [-0.05, 0) is 41.8 Å². The van der Waals surface area contributed by atoms with Gasteiger partial charge >= 0.3 is 0 Å². The molecule has 0 bridgehead atoms. The normalized spacial score (nSPS) is 13.6. The van der Waals surface area contributed by atoms with E-state index < -0.39 is 0 Å². The Kier molecular flexibility index (Phi) is 5.01. The zero-order chi connectivity index (χ0) is 18.5.